The summed E-state index contributed by atoms with van der Waals surface area (Å²) in [4.78, 5) is 5.47. The minimum Gasteiger partial charge on any atom is -0.390 e. The predicted octanol–water partition coefficient (Wildman–Crippen LogP) is 2.00. The van der Waals surface area contributed by atoms with E-state index in [-0.39, 0.29) is 6.10 Å². The molecule has 0 radical (unpaired) electrons. The summed E-state index contributed by atoms with van der Waals surface area (Å²) in [6.45, 7) is 3.62. The first kappa shape index (κ1) is 12.9. The summed E-state index contributed by atoms with van der Waals surface area (Å²) < 4.78 is 0. The third kappa shape index (κ3) is 3.05. The van der Waals surface area contributed by atoms with E-state index in [2.05, 4.69) is 51.9 Å². The summed E-state index contributed by atoms with van der Waals surface area (Å²) in [5.74, 6) is 0. The van der Waals surface area contributed by atoms with Gasteiger partial charge in [0.05, 0.1) is 5.71 Å². The van der Waals surface area contributed by atoms with Crippen LogP contribution in [-0.2, 0) is 11.4 Å². The third-order valence-electron chi connectivity index (χ3n) is 3.36. The van der Waals surface area contributed by atoms with Crippen LogP contribution in [0.3, 0.4) is 0 Å². The number of oxime groups is 1. The number of aromatic amines is 1. The molecule has 0 saturated carbocycles. The molecule has 2 aromatic rings. The van der Waals surface area contributed by atoms with E-state index in [4.69, 9.17) is 4.84 Å². The number of nitrogens with one attached hydrogen (secondary N) is 2. The lowest BCUT2D eigenvalue weighted by atomic mass is 10.0. The zero-order valence-corrected chi connectivity index (χ0v) is 11.5. The van der Waals surface area contributed by atoms with E-state index < -0.39 is 0 Å². The summed E-state index contributed by atoms with van der Waals surface area (Å²) >= 11 is 0. The van der Waals surface area contributed by atoms with Crippen molar-refractivity contribution in [3.63, 3.8) is 0 Å². The number of aryl methyl sites for hydroxylation is 1. The molecule has 20 heavy (non-hydrogen) atoms. The van der Waals surface area contributed by atoms with Gasteiger partial charge in [-0.1, -0.05) is 35.0 Å². The fourth-order valence-electron chi connectivity index (χ4n) is 2.21. The van der Waals surface area contributed by atoms with Crippen molar-refractivity contribution in [2.45, 2.75) is 26.0 Å². The molecule has 0 saturated heterocycles. The number of nitrogens with zero attached hydrogens (tertiary/aromatic N) is 2. The molecule has 5 nitrogen and oxygen atoms in total. The van der Waals surface area contributed by atoms with Crippen LogP contribution in [-0.4, -0.2) is 28.6 Å². The van der Waals surface area contributed by atoms with E-state index in [1.54, 1.807) is 6.20 Å². The lowest BCUT2D eigenvalue weighted by molar-refractivity contribution is 0.0848. The Balaban J connectivity index is 1.47. The maximum Gasteiger partial charge on any atom is 0.145 e. The summed E-state index contributed by atoms with van der Waals surface area (Å²) in [5.41, 5.74) is 4.50. The highest BCUT2D eigenvalue weighted by Crippen LogP contribution is 2.16. The second-order valence-electron chi connectivity index (χ2n) is 5.05. The first-order chi connectivity index (χ1) is 9.81. The zero-order chi connectivity index (χ0) is 13.8. The molecule has 1 aromatic carbocycles. The van der Waals surface area contributed by atoms with Crippen LogP contribution in [0.25, 0.3) is 0 Å². The van der Waals surface area contributed by atoms with Gasteiger partial charge >= 0.3 is 0 Å². The first-order valence-electron chi connectivity index (χ1n) is 6.80. The Hall–Kier alpha value is -2.14. The van der Waals surface area contributed by atoms with Crippen molar-refractivity contribution < 1.29 is 4.84 Å². The highest BCUT2D eigenvalue weighted by Gasteiger charge is 2.21. The van der Waals surface area contributed by atoms with Crippen molar-refractivity contribution in [2.24, 2.45) is 5.16 Å². The minimum absolute atomic E-state index is 0.106. The monoisotopic (exact) mass is 270 g/mol. The van der Waals surface area contributed by atoms with Crippen LogP contribution < -0.4 is 5.32 Å². The normalized spacial score (nSPS) is 17.9. The fourth-order valence-corrected chi connectivity index (χ4v) is 2.21. The van der Waals surface area contributed by atoms with Gasteiger partial charge in [0.15, 0.2) is 0 Å². The quantitative estimate of drug-likeness (QED) is 0.873. The number of rotatable bonds is 5. The highest BCUT2D eigenvalue weighted by atomic mass is 16.6. The van der Waals surface area contributed by atoms with E-state index in [1.165, 1.54) is 5.56 Å². The van der Waals surface area contributed by atoms with Crippen LogP contribution in [0.1, 0.15) is 23.2 Å². The standard InChI is InChI=1S/C15H18N4O/c1-11-2-4-12(5-3-11)15-8-14(20-19-15)10-16-9-13-6-7-17-18-13/h2-7,14,16H,8-10H2,1H3,(H,17,18). The maximum atomic E-state index is 5.47. The molecular weight excluding hydrogens is 252 g/mol. The van der Waals surface area contributed by atoms with Crippen LogP contribution >= 0.6 is 0 Å². The summed E-state index contributed by atoms with van der Waals surface area (Å²) in [6, 6.07) is 10.3. The second kappa shape index (κ2) is 5.88. The van der Waals surface area contributed by atoms with E-state index in [9.17, 15) is 0 Å². The molecule has 5 heteroatoms. The van der Waals surface area contributed by atoms with Gasteiger partial charge in [0, 0.05) is 31.4 Å². The van der Waals surface area contributed by atoms with Gasteiger partial charge in [0.25, 0.3) is 0 Å². The summed E-state index contributed by atoms with van der Waals surface area (Å²) in [6.07, 6.45) is 2.70. The molecule has 0 aliphatic carbocycles. The predicted molar refractivity (Wildman–Crippen MR) is 77.5 cm³/mol. The molecule has 1 aliphatic rings. The van der Waals surface area contributed by atoms with Crippen LogP contribution in [0.2, 0.25) is 0 Å². The Bertz CT molecular complexity index is 574. The molecule has 1 aromatic heterocycles. The number of H-pyrrole nitrogens is 1. The number of hydrogen-bond donors (Lipinski definition) is 2. The Kier molecular flexibility index (Phi) is 3.78. The van der Waals surface area contributed by atoms with E-state index in [0.717, 1.165) is 36.5 Å². The van der Waals surface area contributed by atoms with Gasteiger partial charge in [-0.2, -0.15) is 5.10 Å². The fraction of sp³-hybridized carbons (Fsp3) is 0.333. The molecule has 2 N–H and O–H groups in total. The third-order valence-corrected chi connectivity index (χ3v) is 3.36. The number of hydrogen-bond acceptors (Lipinski definition) is 4. The van der Waals surface area contributed by atoms with Gasteiger partial charge in [-0.05, 0) is 18.6 Å². The number of benzene rings is 1. The second-order valence-corrected chi connectivity index (χ2v) is 5.05. The Labute approximate surface area is 118 Å². The lowest BCUT2D eigenvalue weighted by Crippen LogP contribution is -2.26. The number of aromatic nitrogens is 2. The average molecular weight is 270 g/mol. The minimum atomic E-state index is 0.106. The van der Waals surface area contributed by atoms with Gasteiger partial charge < -0.3 is 10.2 Å². The van der Waals surface area contributed by atoms with Gasteiger partial charge in [-0.25, -0.2) is 0 Å². The van der Waals surface area contributed by atoms with Crippen molar-refractivity contribution in [3.05, 3.63) is 53.3 Å². The molecule has 0 fully saturated rings. The molecule has 0 bridgehead atoms. The maximum absolute atomic E-state index is 5.47. The average Bonchev–Trinajstić information content (AvgIpc) is 3.11. The topological polar surface area (TPSA) is 62.3 Å². The van der Waals surface area contributed by atoms with Crippen molar-refractivity contribution in [1.82, 2.24) is 15.5 Å². The molecule has 2 heterocycles. The lowest BCUT2D eigenvalue weighted by Gasteiger charge is -2.08. The van der Waals surface area contributed by atoms with Crippen molar-refractivity contribution in [3.8, 4) is 0 Å². The van der Waals surface area contributed by atoms with Crippen molar-refractivity contribution >= 4 is 5.71 Å². The molecule has 0 spiro atoms. The largest absolute Gasteiger partial charge is 0.390 e. The highest BCUT2D eigenvalue weighted by molar-refractivity contribution is 6.01. The van der Waals surface area contributed by atoms with Crippen LogP contribution in [0.4, 0.5) is 0 Å². The Morgan fingerprint density at radius 3 is 2.90 bits per heavy atom. The van der Waals surface area contributed by atoms with Gasteiger partial charge in [0.1, 0.15) is 6.10 Å². The Morgan fingerprint density at radius 1 is 1.30 bits per heavy atom. The van der Waals surface area contributed by atoms with E-state index in [1.807, 2.05) is 6.07 Å². The van der Waals surface area contributed by atoms with Gasteiger partial charge in [-0.15, -0.1) is 0 Å². The molecule has 1 unspecified atom stereocenters. The SMILES string of the molecule is Cc1ccc(C2=NOC(CNCc3ccn[nH]3)C2)cc1. The zero-order valence-electron chi connectivity index (χ0n) is 11.5. The van der Waals surface area contributed by atoms with Gasteiger partial charge in [-0.3, -0.25) is 5.10 Å². The van der Waals surface area contributed by atoms with E-state index >= 15 is 0 Å². The van der Waals surface area contributed by atoms with Crippen molar-refractivity contribution in [2.75, 3.05) is 6.54 Å². The van der Waals surface area contributed by atoms with Crippen LogP contribution in [0.5, 0.6) is 0 Å². The molecular formula is C15H18N4O. The molecule has 1 aliphatic heterocycles. The van der Waals surface area contributed by atoms with Crippen molar-refractivity contribution in [1.29, 1.82) is 0 Å². The molecule has 3 rings (SSSR count). The molecule has 0 amide bonds. The summed E-state index contributed by atoms with van der Waals surface area (Å²) in [7, 11) is 0. The van der Waals surface area contributed by atoms with Crippen LogP contribution in [0.15, 0.2) is 41.7 Å². The van der Waals surface area contributed by atoms with Gasteiger partial charge in [0.2, 0.25) is 0 Å². The molecule has 104 valence electrons. The Morgan fingerprint density at radius 2 is 2.15 bits per heavy atom. The molecule has 1 atom stereocenters. The van der Waals surface area contributed by atoms with Crippen LogP contribution in [0, 0.1) is 6.92 Å². The summed E-state index contributed by atoms with van der Waals surface area (Å²) in [5, 5.41) is 14.4. The smallest absolute Gasteiger partial charge is 0.145 e. The van der Waals surface area contributed by atoms with E-state index in [0.29, 0.717) is 0 Å². The first-order valence-corrected chi connectivity index (χ1v) is 6.80.